The monoisotopic (exact) mass is 232 g/mol. The molecule has 7 heteroatoms. The highest BCUT2D eigenvalue weighted by Gasteiger charge is 2.17. The van der Waals surface area contributed by atoms with Crippen LogP contribution in [0.25, 0.3) is 0 Å². The third-order valence-corrected chi connectivity index (χ3v) is 1.91. The van der Waals surface area contributed by atoms with Crippen molar-refractivity contribution in [3.05, 3.63) is 0 Å². The number of nitrogens with two attached hydrogens (primary N) is 2. The van der Waals surface area contributed by atoms with Gasteiger partial charge >= 0.3 is 5.97 Å². The van der Waals surface area contributed by atoms with Crippen molar-refractivity contribution < 1.29 is 14.6 Å². The van der Waals surface area contributed by atoms with Crippen LogP contribution in [-0.2, 0) is 9.53 Å². The number of aliphatic hydroxyl groups is 1. The highest BCUT2D eigenvalue weighted by molar-refractivity contribution is 5.75. The molecule has 0 aromatic rings. The zero-order valence-electron chi connectivity index (χ0n) is 9.40. The van der Waals surface area contributed by atoms with Gasteiger partial charge in [0.2, 0.25) is 0 Å². The van der Waals surface area contributed by atoms with Gasteiger partial charge in [0, 0.05) is 13.0 Å². The Morgan fingerprint density at radius 3 is 2.75 bits per heavy atom. The molecule has 0 saturated heterocycles. The number of carbonyl (C=O) groups excluding carboxylic acids is 1. The Hall–Kier alpha value is -1.34. The van der Waals surface area contributed by atoms with E-state index in [1.165, 1.54) is 0 Å². The number of hydrogen-bond acceptors (Lipinski definition) is 5. The van der Waals surface area contributed by atoms with Crippen molar-refractivity contribution in [2.75, 3.05) is 6.54 Å². The zero-order valence-corrected chi connectivity index (χ0v) is 9.40. The molecule has 0 heterocycles. The Morgan fingerprint density at radius 2 is 2.25 bits per heavy atom. The maximum absolute atomic E-state index is 11.2. The summed E-state index contributed by atoms with van der Waals surface area (Å²) in [6.45, 7) is 2.17. The number of carbonyl (C=O) groups is 1. The van der Waals surface area contributed by atoms with Crippen LogP contribution in [-0.4, -0.2) is 35.9 Å². The normalized spacial score (nSPS) is 13.9. The van der Waals surface area contributed by atoms with Gasteiger partial charge in [-0.05, 0) is 12.8 Å². The SMILES string of the molecule is CCC(O)OC(=O)C(N)CCCNC(=N)N. The average Bonchev–Trinajstić information content (AvgIpc) is 2.23. The Labute approximate surface area is 94.6 Å². The lowest BCUT2D eigenvalue weighted by Crippen LogP contribution is -2.36. The lowest BCUT2D eigenvalue weighted by Gasteiger charge is -2.14. The summed E-state index contributed by atoms with van der Waals surface area (Å²) in [7, 11) is 0. The van der Waals surface area contributed by atoms with Gasteiger partial charge in [0.15, 0.2) is 12.2 Å². The molecule has 0 aromatic heterocycles. The number of guanidine groups is 1. The topological polar surface area (TPSA) is 134 Å². The number of esters is 1. The summed E-state index contributed by atoms with van der Waals surface area (Å²) >= 11 is 0. The maximum Gasteiger partial charge on any atom is 0.325 e. The van der Waals surface area contributed by atoms with Crippen LogP contribution in [0, 0.1) is 5.41 Å². The largest absolute Gasteiger partial charge is 0.435 e. The van der Waals surface area contributed by atoms with Gasteiger partial charge in [-0.15, -0.1) is 0 Å². The number of ether oxygens (including phenoxy) is 1. The van der Waals surface area contributed by atoms with Crippen LogP contribution in [0.1, 0.15) is 26.2 Å². The minimum absolute atomic E-state index is 0.113. The number of aliphatic hydroxyl groups excluding tert-OH is 1. The van der Waals surface area contributed by atoms with Crippen molar-refractivity contribution >= 4 is 11.9 Å². The van der Waals surface area contributed by atoms with Crippen LogP contribution in [0.15, 0.2) is 0 Å². The molecule has 0 fully saturated rings. The van der Waals surface area contributed by atoms with Gasteiger partial charge in [0.05, 0.1) is 0 Å². The van der Waals surface area contributed by atoms with Crippen LogP contribution in [0.2, 0.25) is 0 Å². The highest BCUT2D eigenvalue weighted by Crippen LogP contribution is 2.00. The van der Waals surface area contributed by atoms with Gasteiger partial charge in [0.1, 0.15) is 6.04 Å². The van der Waals surface area contributed by atoms with Crippen molar-refractivity contribution in [2.24, 2.45) is 11.5 Å². The molecule has 2 unspecified atom stereocenters. The summed E-state index contributed by atoms with van der Waals surface area (Å²) in [6.07, 6.45) is 0.256. The van der Waals surface area contributed by atoms with Crippen molar-refractivity contribution in [2.45, 2.75) is 38.5 Å². The standard InChI is InChI=1S/C9H20N4O3/c1-2-7(14)16-8(15)6(10)4-3-5-13-9(11)12/h6-7,14H,2-5,10H2,1H3,(H4,11,12,13). The first kappa shape index (κ1) is 14.7. The molecule has 0 radical (unpaired) electrons. The molecule has 7 N–H and O–H groups in total. The molecular weight excluding hydrogens is 212 g/mol. The Kier molecular flexibility index (Phi) is 7.23. The Bertz CT molecular complexity index is 235. The van der Waals surface area contributed by atoms with E-state index in [1.807, 2.05) is 0 Å². The van der Waals surface area contributed by atoms with E-state index in [0.717, 1.165) is 0 Å². The fourth-order valence-electron chi connectivity index (χ4n) is 0.968. The van der Waals surface area contributed by atoms with Gasteiger partial charge in [-0.3, -0.25) is 10.2 Å². The van der Waals surface area contributed by atoms with Gasteiger partial charge in [-0.25, -0.2) is 0 Å². The zero-order chi connectivity index (χ0) is 12.6. The molecule has 0 saturated carbocycles. The van der Waals surface area contributed by atoms with E-state index < -0.39 is 18.3 Å². The molecule has 0 rings (SSSR count). The van der Waals surface area contributed by atoms with Crippen molar-refractivity contribution in [1.82, 2.24) is 5.32 Å². The van der Waals surface area contributed by atoms with Crippen LogP contribution in [0.3, 0.4) is 0 Å². The fraction of sp³-hybridized carbons (Fsp3) is 0.778. The summed E-state index contributed by atoms with van der Waals surface area (Å²) < 4.78 is 4.64. The molecule has 0 aliphatic carbocycles. The maximum atomic E-state index is 11.2. The molecule has 7 nitrogen and oxygen atoms in total. The lowest BCUT2D eigenvalue weighted by atomic mass is 10.2. The lowest BCUT2D eigenvalue weighted by molar-refractivity contribution is -0.169. The van der Waals surface area contributed by atoms with Crippen LogP contribution < -0.4 is 16.8 Å². The summed E-state index contributed by atoms with van der Waals surface area (Å²) in [5, 5.41) is 18.6. The van der Waals surface area contributed by atoms with Crippen LogP contribution >= 0.6 is 0 Å². The van der Waals surface area contributed by atoms with Crippen molar-refractivity contribution in [3.8, 4) is 0 Å². The molecule has 0 spiro atoms. The summed E-state index contributed by atoms with van der Waals surface area (Å²) in [5.74, 6) is -0.727. The first-order valence-electron chi connectivity index (χ1n) is 5.19. The average molecular weight is 232 g/mol. The Balaban J connectivity index is 3.67. The number of nitrogens with one attached hydrogen (secondary N) is 2. The van der Waals surface area contributed by atoms with E-state index in [0.29, 0.717) is 25.8 Å². The fourth-order valence-corrected chi connectivity index (χ4v) is 0.968. The summed E-state index contributed by atoms with van der Waals surface area (Å²) in [5.41, 5.74) is 10.6. The number of rotatable bonds is 7. The minimum Gasteiger partial charge on any atom is -0.435 e. The van der Waals surface area contributed by atoms with Crippen molar-refractivity contribution in [3.63, 3.8) is 0 Å². The van der Waals surface area contributed by atoms with Crippen molar-refractivity contribution in [1.29, 1.82) is 5.41 Å². The third-order valence-electron chi connectivity index (χ3n) is 1.91. The van der Waals surface area contributed by atoms with Crippen LogP contribution in [0.5, 0.6) is 0 Å². The van der Waals surface area contributed by atoms with E-state index >= 15 is 0 Å². The van der Waals surface area contributed by atoms with E-state index in [1.54, 1.807) is 6.92 Å². The second kappa shape index (κ2) is 7.89. The third kappa shape index (κ3) is 7.02. The quantitative estimate of drug-likeness (QED) is 0.124. The first-order chi connectivity index (χ1) is 7.47. The van der Waals surface area contributed by atoms with Gasteiger partial charge in [-0.1, -0.05) is 6.92 Å². The molecule has 0 aliphatic heterocycles. The Morgan fingerprint density at radius 1 is 1.62 bits per heavy atom. The molecule has 2 atom stereocenters. The minimum atomic E-state index is -1.09. The van der Waals surface area contributed by atoms with Gasteiger partial charge < -0.3 is 26.6 Å². The van der Waals surface area contributed by atoms with E-state index in [4.69, 9.17) is 22.0 Å². The predicted octanol–water partition coefficient (Wildman–Crippen LogP) is -1.15. The van der Waals surface area contributed by atoms with Gasteiger partial charge in [-0.2, -0.15) is 0 Å². The predicted molar refractivity (Wildman–Crippen MR) is 59.5 cm³/mol. The van der Waals surface area contributed by atoms with E-state index in [9.17, 15) is 4.79 Å². The molecule has 0 aliphatic rings. The second-order valence-electron chi connectivity index (χ2n) is 3.39. The van der Waals surface area contributed by atoms with Gasteiger partial charge in [0.25, 0.3) is 0 Å². The summed E-state index contributed by atoms with van der Waals surface area (Å²) in [4.78, 5) is 11.2. The highest BCUT2D eigenvalue weighted by atomic mass is 16.6. The molecule has 0 aromatic carbocycles. The second-order valence-corrected chi connectivity index (χ2v) is 3.39. The van der Waals surface area contributed by atoms with E-state index in [-0.39, 0.29) is 5.96 Å². The molecular formula is C9H20N4O3. The smallest absolute Gasteiger partial charge is 0.325 e. The summed E-state index contributed by atoms with van der Waals surface area (Å²) in [6, 6.07) is -0.755. The first-order valence-corrected chi connectivity index (χ1v) is 5.19. The molecule has 94 valence electrons. The molecule has 0 bridgehead atoms. The van der Waals surface area contributed by atoms with E-state index in [2.05, 4.69) is 10.1 Å². The molecule has 16 heavy (non-hydrogen) atoms. The number of hydrogen-bond donors (Lipinski definition) is 5. The van der Waals surface area contributed by atoms with Crippen LogP contribution in [0.4, 0.5) is 0 Å². The molecule has 0 amide bonds.